The third-order valence-electron chi connectivity index (χ3n) is 5.06. The van der Waals surface area contributed by atoms with E-state index in [0.717, 1.165) is 32.4 Å². The number of piperidine rings is 1. The molecule has 1 fully saturated rings. The van der Waals surface area contributed by atoms with Gasteiger partial charge in [0.15, 0.2) is 0 Å². The van der Waals surface area contributed by atoms with Gasteiger partial charge in [-0.25, -0.2) is 0 Å². The topological polar surface area (TPSA) is 72.4 Å². The third-order valence-corrected chi connectivity index (χ3v) is 5.06. The molecule has 0 unspecified atom stereocenters. The van der Waals surface area contributed by atoms with Crippen molar-refractivity contribution in [2.45, 2.75) is 51.0 Å². The van der Waals surface area contributed by atoms with Gasteiger partial charge in [-0.05, 0) is 30.7 Å². The Morgan fingerprint density at radius 3 is 2.35 bits per heavy atom. The Balaban J connectivity index is 1.93. The minimum Gasteiger partial charge on any atom is -0.343 e. The number of hydrogen-bond donors (Lipinski definition) is 2. The second-order valence-corrected chi connectivity index (χ2v) is 7.33. The van der Waals surface area contributed by atoms with Crippen molar-refractivity contribution in [3.8, 4) is 0 Å². The van der Waals surface area contributed by atoms with Crippen LogP contribution < -0.4 is 11.5 Å². The fourth-order valence-electron chi connectivity index (χ4n) is 3.63. The van der Waals surface area contributed by atoms with Gasteiger partial charge in [-0.1, -0.05) is 44.2 Å². The molecule has 23 heavy (non-hydrogen) atoms. The average molecular weight is 317 g/mol. The predicted molar refractivity (Wildman–Crippen MR) is 95.0 cm³/mol. The number of hydrogen-bond acceptors (Lipinski definition) is 3. The number of likely N-dealkylation sites (tertiary alicyclic amines) is 1. The molecule has 1 amide bonds. The molecule has 1 aliphatic heterocycles. The lowest BCUT2D eigenvalue weighted by Crippen LogP contribution is -2.49. The lowest BCUT2D eigenvalue weighted by Gasteiger charge is -2.42. The number of benzene rings is 1. The summed E-state index contributed by atoms with van der Waals surface area (Å²) in [6.07, 6.45) is 3.22. The molecule has 4 N–H and O–H groups in total. The van der Waals surface area contributed by atoms with E-state index in [1.165, 1.54) is 5.56 Å². The second kappa shape index (κ2) is 7.93. The van der Waals surface area contributed by atoms with Crippen LogP contribution in [-0.2, 0) is 10.2 Å². The van der Waals surface area contributed by atoms with Crippen molar-refractivity contribution in [3.05, 3.63) is 35.9 Å². The Bertz CT molecular complexity index is 493. The SMILES string of the molecule is CC(C)C[C@@H](N)CC(=O)N1CCC(CN)(c2ccccc2)CC1. The predicted octanol–water partition coefficient (Wildman–Crippen LogP) is 2.27. The van der Waals surface area contributed by atoms with Gasteiger partial charge in [0.1, 0.15) is 0 Å². The van der Waals surface area contributed by atoms with Crippen molar-refractivity contribution in [1.82, 2.24) is 4.90 Å². The van der Waals surface area contributed by atoms with Crippen molar-refractivity contribution in [1.29, 1.82) is 0 Å². The molecule has 0 spiro atoms. The fraction of sp³-hybridized carbons (Fsp3) is 0.632. The molecule has 4 nitrogen and oxygen atoms in total. The average Bonchev–Trinajstić information content (AvgIpc) is 2.55. The smallest absolute Gasteiger partial charge is 0.224 e. The lowest BCUT2D eigenvalue weighted by atomic mass is 9.73. The van der Waals surface area contributed by atoms with E-state index in [4.69, 9.17) is 11.5 Å². The Kier molecular flexibility index (Phi) is 6.19. The first-order valence-electron chi connectivity index (χ1n) is 8.76. The molecule has 0 saturated carbocycles. The van der Waals surface area contributed by atoms with E-state index in [1.54, 1.807) is 0 Å². The highest BCUT2D eigenvalue weighted by atomic mass is 16.2. The van der Waals surface area contributed by atoms with Gasteiger partial charge in [-0.3, -0.25) is 4.79 Å². The standard InChI is InChI=1S/C19H31N3O/c1-15(2)12-17(21)13-18(23)22-10-8-19(14-20,9-11-22)16-6-4-3-5-7-16/h3-7,15,17H,8-14,20-21H2,1-2H3/t17-/m1/s1. The van der Waals surface area contributed by atoms with Crippen LogP contribution in [0.3, 0.4) is 0 Å². The summed E-state index contributed by atoms with van der Waals surface area (Å²) in [6.45, 7) is 6.46. The van der Waals surface area contributed by atoms with E-state index in [2.05, 4.69) is 38.1 Å². The molecule has 0 bridgehead atoms. The van der Waals surface area contributed by atoms with Crippen molar-refractivity contribution < 1.29 is 4.79 Å². The van der Waals surface area contributed by atoms with Crippen LogP contribution in [-0.4, -0.2) is 36.5 Å². The first kappa shape index (κ1) is 18.0. The van der Waals surface area contributed by atoms with Crippen LogP contribution in [0.1, 0.15) is 45.1 Å². The lowest BCUT2D eigenvalue weighted by molar-refractivity contribution is -0.133. The van der Waals surface area contributed by atoms with Crippen molar-refractivity contribution in [3.63, 3.8) is 0 Å². The molecule has 1 heterocycles. The van der Waals surface area contributed by atoms with E-state index >= 15 is 0 Å². The highest BCUT2D eigenvalue weighted by Gasteiger charge is 2.36. The quantitative estimate of drug-likeness (QED) is 0.845. The fourth-order valence-corrected chi connectivity index (χ4v) is 3.63. The highest BCUT2D eigenvalue weighted by molar-refractivity contribution is 5.77. The number of nitrogens with two attached hydrogens (primary N) is 2. The first-order chi connectivity index (χ1) is 11.0. The number of rotatable bonds is 6. The summed E-state index contributed by atoms with van der Waals surface area (Å²) in [6, 6.07) is 10.4. The van der Waals surface area contributed by atoms with Crippen molar-refractivity contribution >= 4 is 5.91 Å². The molecule has 4 heteroatoms. The van der Waals surface area contributed by atoms with Gasteiger partial charge in [0.25, 0.3) is 0 Å². The van der Waals surface area contributed by atoms with Crippen LogP contribution >= 0.6 is 0 Å². The number of amides is 1. The van der Waals surface area contributed by atoms with Crippen LogP contribution in [0.25, 0.3) is 0 Å². The van der Waals surface area contributed by atoms with E-state index in [1.807, 2.05) is 11.0 Å². The zero-order valence-electron chi connectivity index (χ0n) is 14.5. The van der Waals surface area contributed by atoms with Crippen LogP contribution in [0.5, 0.6) is 0 Å². The maximum Gasteiger partial charge on any atom is 0.224 e. The first-order valence-corrected chi connectivity index (χ1v) is 8.76. The zero-order chi connectivity index (χ0) is 16.9. The van der Waals surface area contributed by atoms with Crippen LogP contribution in [0.4, 0.5) is 0 Å². The zero-order valence-corrected chi connectivity index (χ0v) is 14.5. The molecule has 2 rings (SSSR count). The van der Waals surface area contributed by atoms with Gasteiger partial charge in [-0.2, -0.15) is 0 Å². The minimum atomic E-state index is -0.0298. The summed E-state index contributed by atoms with van der Waals surface area (Å²) >= 11 is 0. The summed E-state index contributed by atoms with van der Waals surface area (Å²) in [5.41, 5.74) is 13.5. The maximum atomic E-state index is 12.4. The summed E-state index contributed by atoms with van der Waals surface area (Å²) in [7, 11) is 0. The Morgan fingerprint density at radius 2 is 1.83 bits per heavy atom. The van der Waals surface area contributed by atoms with E-state index in [0.29, 0.717) is 18.9 Å². The van der Waals surface area contributed by atoms with Crippen LogP contribution in [0.2, 0.25) is 0 Å². The summed E-state index contributed by atoms with van der Waals surface area (Å²) in [5, 5.41) is 0. The molecule has 1 aromatic carbocycles. The highest BCUT2D eigenvalue weighted by Crippen LogP contribution is 2.34. The molecule has 0 radical (unpaired) electrons. The van der Waals surface area contributed by atoms with Gasteiger partial charge in [0.2, 0.25) is 5.91 Å². The minimum absolute atomic E-state index is 0.0120. The Labute approximate surface area is 140 Å². The van der Waals surface area contributed by atoms with Crippen molar-refractivity contribution in [2.24, 2.45) is 17.4 Å². The number of carbonyl (C=O) groups excluding carboxylic acids is 1. The van der Waals surface area contributed by atoms with E-state index < -0.39 is 0 Å². The molecule has 1 aromatic rings. The molecular weight excluding hydrogens is 286 g/mol. The summed E-state index contributed by atoms with van der Waals surface area (Å²) in [5.74, 6) is 0.721. The molecule has 0 aliphatic carbocycles. The van der Waals surface area contributed by atoms with Gasteiger partial charge in [-0.15, -0.1) is 0 Å². The Hall–Kier alpha value is -1.39. The molecule has 1 atom stereocenters. The number of carbonyl (C=O) groups is 1. The molecule has 1 saturated heterocycles. The van der Waals surface area contributed by atoms with Crippen LogP contribution in [0.15, 0.2) is 30.3 Å². The Morgan fingerprint density at radius 1 is 1.22 bits per heavy atom. The number of nitrogens with zero attached hydrogens (tertiary/aromatic N) is 1. The summed E-state index contributed by atoms with van der Waals surface area (Å²) < 4.78 is 0. The largest absolute Gasteiger partial charge is 0.343 e. The van der Waals surface area contributed by atoms with Gasteiger partial charge in [0.05, 0.1) is 0 Å². The molecular formula is C19H31N3O. The van der Waals surface area contributed by atoms with Crippen LogP contribution in [0, 0.1) is 5.92 Å². The second-order valence-electron chi connectivity index (χ2n) is 7.33. The normalized spacial score (nSPS) is 18.9. The van der Waals surface area contributed by atoms with E-state index in [-0.39, 0.29) is 17.4 Å². The van der Waals surface area contributed by atoms with E-state index in [9.17, 15) is 4.79 Å². The van der Waals surface area contributed by atoms with Gasteiger partial charge >= 0.3 is 0 Å². The summed E-state index contributed by atoms with van der Waals surface area (Å²) in [4.78, 5) is 14.4. The van der Waals surface area contributed by atoms with Crippen molar-refractivity contribution in [2.75, 3.05) is 19.6 Å². The maximum absolute atomic E-state index is 12.4. The molecule has 0 aromatic heterocycles. The van der Waals surface area contributed by atoms with Gasteiger partial charge < -0.3 is 16.4 Å². The molecule has 128 valence electrons. The third kappa shape index (κ3) is 4.55. The monoisotopic (exact) mass is 317 g/mol. The molecule has 1 aliphatic rings. The van der Waals surface area contributed by atoms with Gasteiger partial charge in [0, 0.05) is 37.5 Å².